The molecule has 1 fully saturated rings. The molecule has 1 saturated heterocycles. The molecule has 0 unspecified atom stereocenters. The molecule has 0 saturated carbocycles. The van der Waals surface area contributed by atoms with Gasteiger partial charge < -0.3 is 9.88 Å². The summed E-state index contributed by atoms with van der Waals surface area (Å²) in [6.07, 6.45) is 4.20. The van der Waals surface area contributed by atoms with Gasteiger partial charge in [0.05, 0.1) is 5.69 Å². The van der Waals surface area contributed by atoms with E-state index in [1.54, 1.807) is 19.2 Å². The van der Waals surface area contributed by atoms with Gasteiger partial charge in [-0.15, -0.1) is 11.3 Å². The average Bonchev–Trinajstić information content (AvgIpc) is 3.41. The number of hydrogen-bond donors (Lipinski definition) is 2. The van der Waals surface area contributed by atoms with Crippen molar-refractivity contribution in [3.05, 3.63) is 47.6 Å². The fraction of sp³-hybridized carbons (Fsp3) is 0.318. The second-order valence-corrected chi connectivity index (χ2v) is 10.7. The molecule has 174 valence electrons. The lowest BCUT2D eigenvalue weighted by atomic mass is 10.1. The molecule has 0 aliphatic carbocycles. The Labute approximate surface area is 196 Å². The lowest BCUT2D eigenvalue weighted by molar-refractivity contribution is -0.114. The molecule has 33 heavy (non-hydrogen) atoms. The third-order valence-corrected chi connectivity index (χ3v) is 8.01. The van der Waals surface area contributed by atoms with E-state index in [9.17, 15) is 18.0 Å². The normalized spacial score (nSPS) is 14.7. The Kier molecular flexibility index (Phi) is 6.63. The molecule has 1 aromatic carbocycles. The monoisotopic (exact) mass is 487 g/mol. The van der Waals surface area contributed by atoms with Gasteiger partial charge in [-0.25, -0.2) is 13.4 Å². The number of benzene rings is 1. The standard InChI is InChI=1S/C22H25N5O4S2/c1-15(28)23-17-8-6-16(7-9-17)19-14-32-22(24-19)25-21(29)20-12-18(13-26(20)2)33(30,31)27-10-4-3-5-11-27/h6-9,12-14H,3-5,10-11H2,1-2H3,(H,23,28)(H,24,25,29). The van der Waals surface area contributed by atoms with Gasteiger partial charge in [-0.3, -0.25) is 14.9 Å². The molecule has 9 nitrogen and oxygen atoms in total. The summed E-state index contributed by atoms with van der Waals surface area (Å²) in [6, 6.07) is 8.64. The van der Waals surface area contributed by atoms with Crippen molar-refractivity contribution in [1.29, 1.82) is 0 Å². The number of piperidine rings is 1. The maximum absolute atomic E-state index is 12.9. The largest absolute Gasteiger partial charge is 0.345 e. The topological polar surface area (TPSA) is 113 Å². The molecule has 2 amide bonds. The molecule has 0 atom stereocenters. The van der Waals surface area contributed by atoms with Gasteiger partial charge in [0.25, 0.3) is 5.91 Å². The average molecular weight is 488 g/mol. The van der Waals surface area contributed by atoms with Gasteiger partial charge in [0.1, 0.15) is 10.6 Å². The molecular formula is C22H25N5O4S2. The summed E-state index contributed by atoms with van der Waals surface area (Å²) >= 11 is 1.27. The van der Waals surface area contributed by atoms with E-state index in [0.29, 0.717) is 29.6 Å². The number of thiazole rings is 1. The molecule has 0 bridgehead atoms. The lowest BCUT2D eigenvalue weighted by Crippen LogP contribution is -2.35. The molecule has 3 heterocycles. The van der Waals surface area contributed by atoms with Gasteiger partial charge in [-0.2, -0.15) is 4.31 Å². The minimum Gasteiger partial charge on any atom is -0.345 e. The summed E-state index contributed by atoms with van der Waals surface area (Å²) in [4.78, 5) is 28.6. The predicted octanol–water partition coefficient (Wildman–Crippen LogP) is 3.53. The molecule has 0 spiro atoms. The number of nitrogens with zero attached hydrogens (tertiary/aromatic N) is 3. The van der Waals surface area contributed by atoms with E-state index in [-0.39, 0.29) is 16.5 Å². The number of aryl methyl sites for hydroxylation is 1. The van der Waals surface area contributed by atoms with E-state index < -0.39 is 15.9 Å². The summed E-state index contributed by atoms with van der Waals surface area (Å²) in [6.45, 7) is 2.46. The molecule has 1 aliphatic rings. The highest BCUT2D eigenvalue weighted by Gasteiger charge is 2.28. The Bertz CT molecular complexity index is 1270. The minimum absolute atomic E-state index is 0.121. The quantitative estimate of drug-likeness (QED) is 0.552. The van der Waals surface area contributed by atoms with Crippen LogP contribution in [0.15, 0.2) is 46.8 Å². The number of carbonyl (C=O) groups excluding carboxylic acids is 2. The number of hydrogen-bond acceptors (Lipinski definition) is 6. The van der Waals surface area contributed by atoms with Gasteiger partial charge in [0, 0.05) is 49.9 Å². The van der Waals surface area contributed by atoms with E-state index in [1.165, 1.54) is 39.4 Å². The van der Waals surface area contributed by atoms with Crippen molar-refractivity contribution >= 4 is 44.0 Å². The predicted molar refractivity (Wildman–Crippen MR) is 128 cm³/mol. The second-order valence-electron chi connectivity index (χ2n) is 7.89. The van der Waals surface area contributed by atoms with E-state index in [2.05, 4.69) is 15.6 Å². The molecule has 3 aromatic rings. The smallest absolute Gasteiger partial charge is 0.274 e. The van der Waals surface area contributed by atoms with Crippen LogP contribution in [0.2, 0.25) is 0 Å². The Hall–Kier alpha value is -3.02. The Balaban J connectivity index is 1.47. The zero-order valence-electron chi connectivity index (χ0n) is 18.4. The second kappa shape index (κ2) is 9.46. The maximum atomic E-state index is 12.9. The van der Waals surface area contributed by atoms with Gasteiger partial charge in [0.15, 0.2) is 5.13 Å². The van der Waals surface area contributed by atoms with Crippen LogP contribution in [0.25, 0.3) is 11.3 Å². The third kappa shape index (κ3) is 5.15. The van der Waals surface area contributed by atoms with Crippen LogP contribution in [-0.4, -0.2) is 47.2 Å². The fourth-order valence-electron chi connectivity index (χ4n) is 3.71. The van der Waals surface area contributed by atoms with Crippen LogP contribution in [0.1, 0.15) is 36.7 Å². The van der Waals surface area contributed by atoms with Crippen LogP contribution in [-0.2, 0) is 21.9 Å². The van der Waals surface area contributed by atoms with Crippen molar-refractivity contribution in [3.63, 3.8) is 0 Å². The number of anilines is 2. The van der Waals surface area contributed by atoms with Crippen molar-refractivity contribution in [2.45, 2.75) is 31.1 Å². The minimum atomic E-state index is -3.62. The van der Waals surface area contributed by atoms with Gasteiger partial charge >= 0.3 is 0 Å². The zero-order valence-corrected chi connectivity index (χ0v) is 20.0. The Morgan fingerprint density at radius 3 is 2.42 bits per heavy atom. The first-order valence-corrected chi connectivity index (χ1v) is 12.9. The summed E-state index contributed by atoms with van der Waals surface area (Å²) in [7, 11) is -1.97. The van der Waals surface area contributed by atoms with E-state index in [4.69, 9.17) is 0 Å². The molecule has 0 radical (unpaired) electrons. The SMILES string of the molecule is CC(=O)Nc1ccc(-c2csc(NC(=O)c3cc(S(=O)(=O)N4CCCCC4)cn3C)n2)cc1. The Morgan fingerprint density at radius 1 is 1.06 bits per heavy atom. The summed E-state index contributed by atoms with van der Waals surface area (Å²) in [5, 5.41) is 7.69. The lowest BCUT2D eigenvalue weighted by Gasteiger charge is -2.25. The fourth-order valence-corrected chi connectivity index (χ4v) is 6.01. The molecular weight excluding hydrogens is 462 g/mol. The Morgan fingerprint density at radius 2 is 1.76 bits per heavy atom. The highest BCUT2D eigenvalue weighted by atomic mass is 32.2. The molecule has 1 aliphatic heterocycles. The van der Waals surface area contributed by atoms with Crippen molar-refractivity contribution in [2.24, 2.45) is 7.05 Å². The highest BCUT2D eigenvalue weighted by Crippen LogP contribution is 2.27. The number of amides is 2. The van der Waals surface area contributed by atoms with Gasteiger partial charge in [-0.05, 0) is 31.0 Å². The van der Waals surface area contributed by atoms with Crippen LogP contribution in [0, 0.1) is 0 Å². The number of carbonyl (C=O) groups is 2. The van der Waals surface area contributed by atoms with Crippen molar-refractivity contribution in [2.75, 3.05) is 23.7 Å². The van der Waals surface area contributed by atoms with Crippen molar-refractivity contribution in [1.82, 2.24) is 13.9 Å². The van der Waals surface area contributed by atoms with Gasteiger partial charge in [0.2, 0.25) is 15.9 Å². The van der Waals surface area contributed by atoms with Crippen LogP contribution >= 0.6 is 11.3 Å². The van der Waals surface area contributed by atoms with E-state index >= 15 is 0 Å². The van der Waals surface area contributed by atoms with E-state index in [1.807, 2.05) is 17.5 Å². The number of sulfonamides is 1. The molecule has 11 heteroatoms. The summed E-state index contributed by atoms with van der Waals surface area (Å²) in [5.74, 6) is -0.575. The first kappa shape index (κ1) is 23.1. The molecule has 2 aromatic heterocycles. The van der Waals surface area contributed by atoms with Gasteiger partial charge in [-0.1, -0.05) is 18.6 Å². The van der Waals surface area contributed by atoms with Crippen LogP contribution < -0.4 is 10.6 Å². The van der Waals surface area contributed by atoms with Crippen LogP contribution in [0.4, 0.5) is 10.8 Å². The van der Waals surface area contributed by atoms with E-state index in [0.717, 1.165) is 24.8 Å². The maximum Gasteiger partial charge on any atom is 0.274 e. The molecule has 2 N–H and O–H groups in total. The van der Waals surface area contributed by atoms with Crippen LogP contribution in [0.3, 0.4) is 0 Å². The van der Waals surface area contributed by atoms with Crippen molar-refractivity contribution < 1.29 is 18.0 Å². The number of rotatable bonds is 6. The number of nitrogens with one attached hydrogen (secondary N) is 2. The molecule has 4 rings (SSSR count). The first-order chi connectivity index (χ1) is 15.7. The van der Waals surface area contributed by atoms with Crippen molar-refractivity contribution in [3.8, 4) is 11.3 Å². The zero-order chi connectivity index (χ0) is 23.6. The third-order valence-electron chi connectivity index (χ3n) is 5.39. The number of aromatic nitrogens is 2. The summed E-state index contributed by atoms with van der Waals surface area (Å²) < 4.78 is 28.8. The highest BCUT2D eigenvalue weighted by molar-refractivity contribution is 7.89. The van der Waals surface area contributed by atoms with Crippen LogP contribution in [0.5, 0.6) is 0 Å². The first-order valence-electron chi connectivity index (χ1n) is 10.6. The summed E-state index contributed by atoms with van der Waals surface area (Å²) in [5.41, 5.74) is 2.45.